The summed E-state index contributed by atoms with van der Waals surface area (Å²) in [6.45, 7) is 0. The third-order valence-corrected chi connectivity index (χ3v) is 14.2. The van der Waals surface area contributed by atoms with Crippen LogP contribution in [0.1, 0.15) is 0 Å². The van der Waals surface area contributed by atoms with Crippen molar-refractivity contribution in [1.29, 1.82) is 0 Å². The number of rotatable bonds is 7. The first-order chi connectivity index (χ1) is 34.7. The smallest absolute Gasteiger partial charge is 0.138 e. The Kier molecular flexibility index (Phi) is 9.17. The maximum Gasteiger partial charge on any atom is 0.138 e. The van der Waals surface area contributed by atoms with Gasteiger partial charge in [-0.2, -0.15) is 0 Å². The SMILES string of the molecule is c1ccc2nc(-n3c4ccccc4c4cc(-c5ccc(-c6ccc(-c7ccc(-c8ccc(-c9ccc%10c(c9)c9ccccc9n%10-c9ccc%10ccccc%10n9)cc8)cc7)cc6)cc5)ccc43)ccc2c1. The molecular weight excluding hydrogens is 849 g/mol. The molecule has 4 aromatic heterocycles. The van der Waals surface area contributed by atoms with Crippen LogP contribution in [0.2, 0.25) is 0 Å². The molecule has 0 saturated carbocycles. The van der Waals surface area contributed by atoms with Crippen molar-refractivity contribution in [2.45, 2.75) is 0 Å². The Labute approximate surface area is 404 Å². The molecule has 4 heterocycles. The molecule has 4 heteroatoms. The van der Waals surface area contributed by atoms with Gasteiger partial charge >= 0.3 is 0 Å². The molecule has 0 radical (unpaired) electrons. The zero-order chi connectivity index (χ0) is 46.1. The van der Waals surface area contributed by atoms with Gasteiger partial charge in [-0.15, -0.1) is 0 Å². The van der Waals surface area contributed by atoms with Crippen molar-refractivity contribution in [2.24, 2.45) is 0 Å². The van der Waals surface area contributed by atoms with Crippen LogP contribution in [0, 0.1) is 0 Å². The normalized spacial score (nSPS) is 11.7. The Morgan fingerprint density at radius 1 is 0.214 bits per heavy atom. The lowest BCUT2D eigenvalue weighted by molar-refractivity contribution is 1.10. The van der Waals surface area contributed by atoms with E-state index in [9.17, 15) is 0 Å². The maximum atomic E-state index is 5.07. The second-order valence-corrected chi connectivity index (χ2v) is 18.2. The molecular formula is C66H42N4. The number of pyridine rings is 2. The lowest BCUT2D eigenvalue weighted by Crippen LogP contribution is -1.97. The quantitative estimate of drug-likeness (QED) is 0.160. The molecule has 0 aliphatic rings. The van der Waals surface area contributed by atoms with E-state index in [4.69, 9.17) is 9.97 Å². The van der Waals surface area contributed by atoms with Crippen LogP contribution in [0.4, 0.5) is 0 Å². The van der Waals surface area contributed by atoms with Crippen LogP contribution in [0.15, 0.2) is 255 Å². The molecule has 0 fully saturated rings. The zero-order valence-electron chi connectivity index (χ0n) is 38.0. The largest absolute Gasteiger partial charge is 0.294 e. The van der Waals surface area contributed by atoms with E-state index in [1.54, 1.807) is 0 Å². The van der Waals surface area contributed by atoms with Crippen LogP contribution >= 0.6 is 0 Å². The highest BCUT2D eigenvalue weighted by Crippen LogP contribution is 2.38. The van der Waals surface area contributed by atoms with Crippen LogP contribution < -0.4 is 0 Å². The molecule has 14 aromatic rings. The van der Waals surface area contributed by atoms with E-state index in [0.29, 0.717) is 0 Å². The van der Waals surface area contributed by atoms with E-state index >= 15 is 0 Å². The molecule has 4 nitrogen and oxygen atoms in total. The summed E-state index contributed by atoms with van der Waals surface area (Å²) in [5, 5.41) is 7.16. The summed E-state index contributed by atoms with van der Waals surface area (Å²) in [4.78, 5) is 10.1. The van der Waals surface area contributed by atoms with Gasteiger partial charge in [0.1, 0.15) is 11.6 Å². The number of fused-ring (bicyclic) bond motifs is 8. The molecule has 0 spiro atoms. The molecule has 0 aliphatic heterocycles. The molecule has 0 unspecified atom stereocenters. The Morgan fingerprint density at radius 2 is 0.500 bits per heavy atom. The maximum absolute atomic E-state index is 5.07. The van der Waals surface area contributed by atoms with Crippen molar-refractivity contribution in [2.75, 3.05) is 0 Å². The van der Waals surface area contributed by atoms with Crippen LogP contribution in [-0.2, 0) is 0 Å². The van der Waals surface area contributed by atoms with Gasteiger partial charge in [-0.25, -0.2) is 9.97 Å². The molecule has 0 bridgehead atoms. The summed E-state index contributed by atoms with van der Waals surface area (Å²) in [6.07, 6.45) is 0. The van der Waals surface area contributed by atoms with Gasteiger partial charge in [0, 0.05) is 32.3 Å². The van der Waals surface area contributed by atoms with Crippen LogP contribution in [-0.4, -0.2) is 19.1 Å². The zero-order valence-corrected chi connectivity index (χ0v) is 38.0. The molecule has 10 aromatic carbocycles. The minimum atomic E-state index is 0.926. The fourth-order valence-electron chi connectivity index (χ4n) is 10.6. The van der Waals surface area contributed by atoms with E-state index in [1.165, 1.54) is 77.2 Å². The Hall–Kier alpha value is -9.38. The fraction of sp³-hybridized carbons (Fsp3) is 0. The standard InChI is InChI=1S/C66H42N4/c1-5-13-59-51(9-1)35-39-65(67-59)69-61-15-7-3-11-55(61)57-41-53(33-37-63(57)69)49-29-25-47(26-30-49)45-21-17-43(18-22-45)44-19-23-46(24-20-44)48-27-31-50(32-28-48)54-34-38-64-58(42-54)56-12-4-8-16-62(56)70(64)66-40-36-52-10-2-6-14-60(52)68-66/h1-42H. The number of benzene rings is 10. The second kappa shape index (κ2) is 16.2. The van der Waals surface area contributed by atoms with Crippen molar-refractivity contribution in [1.82, 2.24) is 19.1 Å². The molecule has 14 rings (SSSR count). The van der Waals surface area contributed by atoms with E-state index in [1.807, 2.05) is 12.1 Å². The Balaban J connectivity index is 0.687. The van der Waals surface area contributed by atoms with Gasteiger partial charge < -0.3 is 0 Å². The first kappa shape index (κ1) is 39.8. The Bertz CT molecular complexity index is 4030. The average Bonchev–Trinajstić information content (AvgIpc) is 3.95. The summed E-state index contributed by atoms with van der Waals surface area (Å²) in [5.41, 5.74) is 18.5. The topological polar surface area (TPSA) is 35.6 Å². The lowest BCUT2D eigenvalue weighted by atomic mass is 9.96. The predicted molar refractivity (Wildman–Crippen MR) is 293 cm³/mol. The number of hydrogen-bond acceptors (Lipinski definition) is 2. The summed E-state index contributed by atoms with van der Waals surface area (Å²) < 4.78 is 4.57. The van der Waals surface area contributed by atoms with Crippen molar-refractivity contribution >= 4 is 65.4 Å². The summed E-state index contributed by atoms with van der Waals surface area (Å²) >= 11 is 0. The van der Waals surface area contributed by atoms with Crippen molar-refractivity contribution < 1.29 is 0 Å². The lowest BCUT2D eigenvalue weighted by Gasteiger charge is -2.10. The second-order valence-electron chi connectivity index (χ2n) is 18.2. The number of aromatic nitrogens is 4. The van der Waals surface area contributed by atoms with E-state index < -0.39 is 0 Å². The van der Waals surface area contributed by atoms with Gasteiger partial charge in [-0.1, -0.05) is 182 Å². The highest BCUT2D eigenvalue weighted by molar-refractivity contribution is 6.11. The molecule has 0 atom stereocenters. The van der Waals surface area contributed by atoms with Crippen molar-refractivity contribution in [3.8, 4) is 67.3 Å². The van der Waals surface area contributed by atoms with Gasteiger partial charge in [0.25, 0.3) is 0 Å². The monoisotopic (exact) mass is 890 g/mol. The van der Waals surface area contributed by atoms with Gasteiger partial charge in [0.15, 0.2) is 0 Å². The molecule has 70 heavy (non-hydrogen) atoms. The van der Waals surface area contributed by atoms with Gasteiger partial charge in [-0.3, -0.25) is 9.13 Å². The van der Waals surface area contributed by atoms with Crippen LogP contribution in [0.5, 0.6) is 0 Å². The first-order valence-corrected chi connectivity index (χ1v) is 23.9. The van der Waals surface area contributed by atoms with Crippen molar-refractivity contribution in [3.63, 3.8) is 0 Å². The van der Waals surface area contributed by atoms with E-state index in [0.717, 1.165) is 55.5 Å². The van der Waals surface area contributed by atoms with Gasteiger partial charge in [-0.05, 0) is 128 Å². The van der Waals surface area contributed by atoms with Crippen molar-refractivity contribution in [3.05, 3.63) is 255 Å². The van der Waals surface area contributed by atoms with Crippen LogP contribution in [0.3, 0.4) is 0 Å². The van der Waals surface area contributed by atoms with E-state index in [-0.39, 0.29) is 0 Å². The molecule has 0 amide bonds. The highest BCUT2D eigenvalue weighted by Gasteiger charge is 2.17. The Morgan fingerprint density at radius 3 is 0.871 bits per heavy atom. The van der Waals surface area contributed by atoms with Gasteiger partial charge in [0.2, 0.25) is 0 Å². The number of para-hydroxylation sites is 4. The minimum absolute atomic E-state index is 0.926. The number of hydrogen-bond donors (Lipinski definition) is 0. The summed E-state index contributed by atoms with van der Waals surface area (Å²) in [5.74, 6) is 1.85. The average molecular weight is 891 g/mol. The summed E-state index contributed by atoms with van der Waals surface area (Å²) in [6, 6.07) is 91.8. The number of nitrogens with zero attached hydrogens (tertiary/aromatic N) is 4. The molecule has 326 valence electrons. The summed E-state index contributed by atoms with van der Waals surface area (Å²) in [7, 11) is 0. The highest BCUT2D eigenvalue weighted by atomic mass is 15.1. The third-order valence-electron chi connectivity index (χ3n) is 14.2. The van der Waals surface area contributed by atoms with Gasteiger partial charge in [0.05, 0.1) is 33.1 Å². The first-order valence-electron chi connectivity index (χ1n) is 23.9. The molecule has 0 aliphatic carbocycles. The third kappa shape index (κ3) is 6.69. The fourth-order valence-corrected chi connectivity index (χ4v) is 10.6. The molecule has 0 N–H and O–H groups in total. The minimum Gasteiger partial charge on any atom is -0.294 e. The predicted octanol–water partition coefficient (Wildman–Crippen LogP) is 17.3. The molecule has 0 saturated heterocycles. The van der Waals surface area contributed by atoms with E-state index in [2.05, 4.69) is 252 Å². The van der Waals surface area contributed by atoms with Crippen LogP contribution in [0.25, 0.3) is 133 Å².